The third-order valence-electron chi connectivity index (χ3n) is 2.54. The molecule has 0 aliphatic heterocycles. The molecule has 0 amide bonds. The van der Waals surface area contributed by atoms with Gasteiger partial charge in [0.2, 0.25) is 5.95 Å². The van der Waals surface area contributed by atoms with E-state index in [0.717, 1.165) is 0 Å². The Bertz CT molecular complexity index is 394. The Kier molecular flexibility index (Phi) is 4.86. The number of hydrogen-bond donors (Lipinski definition) is 1. The molecule has 0 saturated carbocycles. The first-order chi connectivity index (χ1) is 7.93. The molecule has 0 bridgehead atoms. The van der Waals surface area contributed by atoms with E-state index < -0.39 is 11.9 Å². The molecule has 1 rings (SSSR count). The van der Waals surface area contributed by atoms with Gasteiger partial charge < -0.3 is 10.0 Å². The maximum atomic E-state index is 13.1. The van der Waals surface area contributed by atoms with Crippen molar-refractivity contribution in [3.8, 4) is 0 Å². The van der Waals surface area contributed by atoms with Crippen LogP contribution in [0.3, 0.4) is 0 Å². The van der Waals surface area contributed by atoms with Crippen LogP contribution < -0.4 is 4.90 Å². The molecule has 1 heterocycles. The summed E-state index contributed by atoms with van der Waals surface area (Å²) in [5.41, 5.74) is 0. The molecule has 1 unspecified atom stereocenters. The van der Waals surface area contributed by atoms with Gasteiger partial charge in [0.25, 0.3) is 0 Å². The Morgan fingerprint density at radius 2 is 2.29 bits per heavy atom. The van der Waals surface area contributed by atoms with Crippen LogP contribution in [0.15, 0.2) is 16.6 Å². The number of carbonyl (C=O) groups is 1. The number of carboxylic acids is 1. The van der Waals surface area contributed by atoms with Crippen LogP contribution in [0.5, 0.6) is 0 Å². The number of halogens is 2. The summed E-state index contributed by atoms with van der Waals surface area (Å²) < 4.78 is 13.7. The van der Waals surface area contributed by atoms with Gasteiger partial charge in [-0.25, -0.2) is 4.98 Å². The van der Waals surface area contributed by atoms with Crippen molar-refractivity contribution in [1.82, 2.24) is 4.98 Å². The van der Waals surface area contributed by atoms with Crippen molar-refractivity contribution in [2.45, 2.75) is 25.8 Å². The monoisotopic (exact) mass is 304 g/mol. The molecule has 17 heavy (non-hydrogen) atoms. The lowest BCUT2D eigenvalue weighted by molar-refractivity contribution is -0.137. The van der Waals surface area contributed by atoms with Crippen LogP contribution in [-0.4, -0.2) is 29.1 Å². The van der Waals surface area contributed by atoms with Crippen molar-refractivity contribution < 1.29 is 14.3 Å². The first-order valence-corrected chi connectivity index (χ1v) is 6.01. The molecule has 1 aromatic rings. The van der Waals surface area contributed by atoms with E-state index in [-0.39, 0.29) is 12.5 Å². The van der Waals surface area contributed by atoms with Gasteiger partial charge in [-0.1, -0.05) is 22.9 Å². The van der Waals surface area contributed by atoms with Crippen molar-refractivity contribution in [3.05, 3.63) is 22.6 Å². The molecule has 1 atom stereocenters. The molecule has 0 aliphatic carbocycles. The van der Waals surface area contributed by atoms with Gasteiger partial charge in [-0.2, -0.15) is 4.39 Å². The van der Waals surface area contributed by atoms with Crippen molar-refractivity contribution in [1.29, 1.82) is 0 Å². The number of rotatable bonds is 5. The van der Waals surface area contributed by atoms with E-state index in [1.54, 1.807) is 18.0 Å². The molecule has 0 radical (unpaired) electrons. The third-order valence-corrected chi connectivity index (χ3v) is 2.99. The van der Waals surface area contributed by atoms with E-state index in [9.17, 15) is 9.18 Å². The number of aromatic nitrogens is 1. The molecule has 94 valence electrons. The Morgan fingerprint density at radius 1 is 1.65 bits per heavy atom. The molecule has 0 saturated heterocycles. The average Bonchev–Trinajstić information content (AvgIpc) is 2.23. The second kappa shape index (κ2) is 5.95. The highest BCUT2D eigenvalue weighted by Gasteiger charge is 2.18. The molecule has 1 aromatic heterocycles. The summed E-state index contributed by atoms with van der Waals surface area (Å²) in [7, 11) is 1.71. The van der Waals surface area contributed by atoms with Gasteiger partial charge in [-0.15, -0.1) is 0 Å². The summed E-state index contributed by atoms with van der Waals surface area (Å²) >= 11 is 3.18. The Balaban J connectivity index is 2.92. The highest BCUT2D eigenvalue weighted by Crippen LogP contribution is 2.21. The standard InChI is InChI=1S/C11H14BrFN2O2/c1-3-8(6-11(16)17)15(2)10-5-7(12)4-9(13)14-10/h4-5,8H,3,6H2,1-2H3,(H,16,17). The number of aliphatic carboxylic acids is 1. The molecular formula is C11H14BrFN2O2. The summed E-state index contributed by atoms with van der Waals surface area (Å²) in [5, 5.41) is 8.79. The van der Waals surface area contributed by atoms with E-state index in [4.69, 9.17) is 5.11 Å². The highest BCUT2D eigenvalue weighted by molar-refractivity contribution is 9.10. The van der Waals surface area contributed by atoms with Crippen LogP contribution in [0.25, 0.3) is 0 Å². The lowest BCUT2D eigenvalue weighted by Crippen LogP contribution is -2.33. The van der Waals surface area contributed by atoms with Gasteiger partial charge in [0.1, 0.15) is 5.82 Å². The van der Waals surface area contributed by atoms with Gasteiger partial charge in [0.05, 0.1) is 6.42 Å². The summed E-state index contributed by atoms with van der Waals surface area (Å²) in [6, 6.07) is 2.72. The van der Waals surface area contributed by atoms with Crippen molar-refractivity contribution in [3.63, 3.8) is 0 Å². The van der Waals surface area contributed by atoms with Gasteiger partial charge >= 0.3 is 5.97 Å². The minimum absolute atomic E-state index is 0.00279. The maximum Gasteiger partial charge on any atom is 0.305 e. The summed E-state index contributed by atoms with van der Waals surface area (Å²) in [4.78, 5) is 16.1. The summed E-state index contributed by atoms with van der Waals surface area (Å²) in [6.45, 7) is 1.89. The van der Waals surface area contributed by atoms with Crippen molar-refractivity contribution in [2.24, 2.45) is 0 Å². The number of hydrogen-bond acceptors (Lipinski definition) is 3. The Labute approximate surface area is 108 Å². The molecule has 0 fully saturated rings. The Morgan fingerprint density at radius 3 is 2.76 bits per heavy atom. The second-order valence-electron chi connectivity index (χ2n) is 3.74. The van der Waals surface area contributed by atoms with E-state index in [1.807, 2.05) is 6.92 Å². The zero-order valence-electron chi connectivity index (χ0n) is 9.65. The molecule has 4 nitrogen and oxygen atoms in total. The SMILES string of the molecule is CCC(CC(=O)O)N(C)c1cc(Br)cc(F)n1. The van der Waals surface area contributed by atoms with Crippen molar-refractivity contribution in [2.75, 3.05) is 11.9 Å². The van der Waals surface area contributed by atoms with E-state index in [1.165, 1.54) is 6.07 Å². The number of anilines is 1. The largest absolute Gasteiger partial charge is 0.481 e. The number of pyridine rings is 1. The zero-order chi connectivity index (χ0) is 13.0. The van der Waals surface area contributed by atoms with Crippen LogP contribution in [0, 0.1) is 5.95 Å². The lowest BCUT2D eigenvalue weighted by atomic mass is 10.1. The minimum Gasteiger partial charge on any atom is -0.481 e. The average molecular weight is 305 g/mol. The van der Waals surface area contributed by atoms with Crippen LogP contribution in [-0.2, 0) is 4.79 Å². The minimum atomic E-state index is -0.876. The van der Waals surface area contributed by atoms with Gasteiger partial charge in [0, 0.05) is 23.6 Å². The van der Waals surface area contributed by atoms with Gasteiger partial charge in [-0.05, 0) is 12.5 Å². The van der Waals surface area contributed by atoms with Gasteiger partial charge in [-0.3, -0.25) is 4.79 Å². The fourth-order valence-electron chi connectivity index (χ4n) is 1.58. The van der Waals surface area contributed by atoms with Crippen LogP contribution in [0.1, 0.15) is 19.8 Å². The molecular weight excluding hydrogens is 291 g/mol. The number of nitrogens with zero attached hydrogens (tertiary/aromatic N) is 2. The smallest absolute Gasteiger partial charge is 0.305 e. The molecule has 0 spiro atoms. The molecule has 6 heteroatoms. The lowest BCUT2D eigenvalue weighted by Gasteiger charge is -2.27. The van der Waals surface area contributed by atoms with E-state index >= 15 is 0 Å². The second-order valence-corrected chi connectivity index (χ2v) is 4.65. The quantitative estimate of drug-likeness (QED) is 0.850. The maximum absolute atomic E-state index is 13.1. The molecule has 0 aliphatic rings. The van der Waals surface area contributed by atoms with E-state index in [2.05, 4.69) is 20.9 Å². The Hall–Kier alpha value is -1.17. The van der Waals surface area contributed by atoms with Gasteiger partial charge in [0.15, 0.2) is 0 Å². The third kappa shape index (κ3) is 3.96. The van der Waals surface area contributed by atoms with Crippen LogP contribution in [0.4, 0.5) is 10.2 Å². The van der Waals surface area contributed by atoms with Crippen LogP contribution >= 0.6 is 15.9 Å². The molecule has 1 N–H and O–H groups in total. The molecule has 0 aromatic carbocycles. The fraction of sp³-hybridized carbons (Fsp3) is 0.455. The normalized spacial score (nSPS) is 12.2. The number of carboxylic acid groups (broad SMARTS) is 1. The zero-order valence-corrected chi connectivity index (χ0v) is 11.2. The van der Waals surface area contributed by atoms with E-state index in [0.29, 0.717) is 16.7 Å². The summed E-state index contributed by atoms with van der Waals surface area (Å²) in [5.74, 6) is -1.05. The van der Waals surface area contributed by atoms with Crippen molar-refractivity contribution >= 4 is 27.7 Å². The summed E-state index contributed by atoms with van der Waals surface area (Å²) in [6.07, 6.45) is 0.654. The first-order valence-electron chi connectivity index (χ1n) is 5.21. The highest BCUT2D eigenvalue weighted by atomic mass is 79.9. The fourth-order valence-corrected chi connectivity index (χ4v) is 1.97. The topological polar surface area (TPSA) is 53.4 Å². The predicted octanol–water partition coefficient (Wildman–Crippen LogP) is 2.67. The van der Waals surface area contributed by atoms with Crippen LogP contribution in [0.2, 0.25) is 0 Å². The first kappa shape index (κ1) is 13.9. The predicted molar refractivity (Wildman–Crippen MR) is 66.6 cm³/mol.